The van der Waals surface area contributed by atoms with E-state index >= 15 is 0 Å². The molecule has 3 aromatic rings. The van der Waals surface area contributed by atoms with Crippen LogP contribution >= 0.6 is 0 Å². The fourth-order valence-corrected chi connectivity index (χ4v) is 2.24. The molecule has 0 aliphatic rings. The Morgan fingerprint density at radius 3 is 2.81 bits per heavy atom. The molecule has 1 aromatic heterocycles. The van der Waals surface area contributed by atoms with Crippen LogP contribution in [0, 0.1) is 12.7 Å². The molecule has 1 heterocycles. The third-order valence-corrected chi connectivity index (χ3v) is 3.46. The molecular weight excluding hydrogens is 271 g/mol. The van der Waals surface area contributed by atoms with Crippen LogP contribution in [0.3, 0.4) is 0 Å². The minimum absolute atomic E-state index is 0.121. The van der Waals surface area contributed by atoms with Crippen molar-refractivity contribution in [2.45, 2.75) is 13.5 Å². The number of hydrogen-bond donors (Lipinski definition) is 1. The zero-order valence-corrected chi connectivity index (χ0v) is 11.8. The predicted octanol–water partition coefficient (Wildman–Crippen LogP) is 3.31. The number of aliphatic hydroxyl groups is 1. The number of aliphatic hydroxyl groups excluding tert-OH is 1. The molecule has 0 aliphatic heterocycles. The molecule has 3 rings (SSSR count). The molecule has 108 valence electrons. The summed E-state index contributed by atoms with van der Waals surface area (Å²) < 4.78 is 20.9. The van der Waals surface area contributed by atoms with Gasteiger partial charge >= 0.3 is 0 Å². The maximum absolute atomic E-state index is 13.3. The van der Waals surface area contributed by atoms with Crippen molar-refractivity contribution < 1.29 is 14.2 Å². The van der Waals surface area contributed by atoms with Crippen LogP contribution < -0.4 is 4.74 Å². The van der Waals surface area contributed by atoms with Crippen LogP contribution in [-0.2, 0) is 13.7 Å². The number of fused-ring (bicyclic) bond motifs is 1. The first-order valence-electron chi connectivity index (χ1n) is 6.58. The van der Waals surface area contributed by atoms with E-state index in [9.17, 15) is 9.50 Å². The minimum Gasteiger partial charge on any atom is -0.457 e. The van der Waals surface area contributed by atoms with Crippen LogP contribution in [0.2, 0.25) is 0 Å². The predicted molar refractivity (Wildman–Crippen MR) is 77.8 cm³/mol. The van der Waals surface area contributed by atoms with Crippen molar-refractivity contribution in [1.82, 2.24) is 9.55 Å². The molecule has 0 bridgehead atoms. The van der Waals surface area contributed by atoms with Gasteiger partial charge in [0.15, 0.2) is 0 Å². The van der Waals surface area contributed by atoms with Gasteiger partial charge in [-0.25, -0.2) is 9.37 Å². The zero-order valence-electron chi connectivity index (χ0n) is 11.8. The summed E-state index contributed by atoms with van der Waals surface area (Å²) in [5.74, 6) is 1.34. The van der Waals surface area contributed by atoms with Gasteiger partial charge in [0.05, 0.1) is 11.0 Å². The maximum Gasteiger partial charge on any atom is 0.135 e. The molecule has 2 aromatic carbocycles. The van der Waals surface area contributed by atoms with Gasteiger partial charge in [-0.1, -0.05) is 6.07 Å². The van der Waals surface area contributed by atoms with Gasteiger partial charge in [0, 0.05) is 19.2 Å². The van der Waals surface area contributed by atoms with E-state index in [0.29, 0.717) is 17.3 Å². The van der Waals surface area contributed by atoms with Crippen molar-refractivity contribution in [3.8, 4) is 11.5 Å². The number of nitrogens with zero attached hydrogens (tertiary/aromatic N) is 2. The fourth-order valence-electron chi connectivity index (χ4n) is 2.24. The Balaban J connectivity index is 2.01. The van der Waals surface area contributed by atoms with Crippen molar-refractivity contribution in [3.63, 3.8) is 0 Å². The quantitative estimate of drug-likeness (QED) is 0.803. The standard InChI is InChI=1S/C16H15FN2O2/c1-10-3-4-11(17)7-15(10)21-12-5-6-13-14(8-12)19(2)16(9-20)18-13/h3-8,20H,9H2,1-2H3. The summed E-state index contributed by atoms with van der Waals surface area (Å²) in [4.78, 5) is 4.31. The third-order valence-electron chi connectivity index (χ3n) is 3.46. The summed E-state index contributed by atoms with van der Waals surface area (Å²) in [7, 11) is 1.83. The molecule has 0 saturated carbocycles. The molecule has 5 heteroatoms. The Bertz CT molecular complexity index is 811. The molecule has 21 heavy (non-hydrogen) atoms. The number of rotatable bonds is 3. The average molecular weight is 286 g/mol. The van der Waals surface area contributed by atoms with Crippen LogP contribution in [0.1, 0.15) is 11.4 Å². The van der Waals surface area contributed by atoms with Gasteiger partial charge in [-0.05, 0) is 30.7 Å². The first-order valence-corrected chi connectivity index (χ1v) is 6.58. The van der Waals surface area contributed by atoms with Crippen LogP contribution in [0.5, 0.6) is 11.5 Å². The van der Waals surface area contributed by atoms with Crippen molar-refractivity contribution in [3.05, 3.63) is 53.6 Å². The monoisotopic (exact) mass is 286 g/mol. The highest BCUT2D eigenvalue weighted by Gasteiger charge is 2.09. The number of benzene rings is 2. The largest absolute Gasteiger partial charge is 0.457 e. The first-order chi connectivity index (χ1) is 10.1. The molecule has 0 fully saturated rings. The first kappa shape index (κ1) is 13.6. The second-order valence-electron chi connectivity index (χ2n) is 4.91. The summed E-state index contributed by atoms with van der Waals surface area (Å²) in [6.45, 7) is 1.74. The molecule has 0 amide bonds. The minimum atomic E-state index is -0.334. The van der Waals surface area contributed by atoms with E-state index in [2.05, 4.69) is 4.98 Å². The van der Waals surface area contributed by atoms with E-state index in [1.165, 1.54) is 12.1 Å². The van der Waals surface area contributed by atoms with E-state index in [0.717, 1.165) is 16.6 Å². The molecular formula is C16H15FN2O2. The van der Waals surface area contributed by atoms with Crippen molar-refractivity contribution in [1.29, 1.82) is 0 Å². The van der Waals surface area contributed by atoms with Gasteiger partial charge in [-0.3, -0.25) is 0 Å². The summed E-state index contributed by atoms with van der Waals surface area (Å²) in [5, 5.41) is 9.23. The van der Waals surface area contributed by atoms with E-state index in [1.54, 1.807) is 16.7 Å². The molecule has 0 saturated heterocycles. The SMILES string of the molecule is Cc1ccc(F)cc1Oc1ccc2nc(CO)n(C)c2c1. The zero-order chi connectivity index (χ0) is 15.0. The summed E-state index contributed by atoms with van der Waals surface area (Å²) >= 11 is 0. The molecule has 4 nitrogen and oxygen atoms in total. The maximum atomic E-state index is 13.3. The molecule has 0 unspecified atom stereocenters. The highest BCUT2D eigenvalue weighted by Crippen LogP contribution is 2.28. The van der Waals surface area contributed by atoms with E-state index in [-0.39, 0.29) is 12.4 Å². The number of hydrogen-bond acceptors (Lipinski definition) is 3. The lowest BCUT2D eigenvalue weighted by Crippen LogP contribution is -1.96. The van der Waals surface area contributed by atoms with Crippen LogP contribution in [-0.4, -0.2) is 14.7 Å². The number of imidazole rings is 1. The highest BCUT2D eigenvalue weighted by atomic mass is 19.1. The summed E-state index contributed by atoms with van der Waals surface area (Å²) in [6, 6.07) is 9.87. The van der Waals surface area contributed by atoms with Crippen LogP contribution in [0.25, 0.3) is 11.0 Å². The van der Waals surface area contributed by atoms with Crippen LogP contribution in [0.4, 0.5) is 4.39 Å². The van der Waals surface area contributed by atoms with Crippen LogP contribution in [0.15, 0.2) is 36.4 Å². The highest BCUT2D eigenvalue weighted by molar-refractivity contribution is 5.77. The lowest BCUT2D eigenvalue weighted by Gasteiger charge is -2.09. The van der Waals surface area contributed by atoms with Crippen molar-refractivity contribution in [2.75, 3.05) is 0 Å². The lowest BCUT2D eigenvalue weighted by atomic mass is 10.2. The summed E-state index contributed by atoms with van der Waals surface area (Å²) in [5.41, 5.74) is 2.49. The normalized spacial score (nSPS) is 11.0. The van der Waals surface area contributed by atoms with Gasteiger partial charge in [-0.15, -0.1) is 0 Å². The van der Waals surface area contributed by atoms with Gasteiger partial charge in [0.25, 0.3) is 0 Å². The van der Waals surface area contributed by atoms with Gasteiger partial charge < -0.3 is 14.4 Å². The summed E-state index contributed by atoms with van der Waals surface area (Å²) in [6.07, 6.45) is 0. The molecule has 0 spiro atoms. The van der Waals surface area contributed by atoms with Gasteiger partial charge in [0.1, 0.15) is 29.7 Å². The number of halogens is 1. The fraction of sp³-hybridized carbons (Fsp3) is 0.188. The van der Waals surface area contributed by atoms with Crippen molar-refractivity contribution >= 4 is 11.0 Å². The topological polar surface area (TPSA) is 47.3 Å². The smallest absolute Gasteiger partial charge is 0.135 e. The Morgan fingerprint density at radius 2 is 2.05 bits per heavy atom. The number of aromatic nitrogens is 2. The third kappa shape index (κ3) is 2.48. The van der Waals surface area contributed by atoms with Crippen molar-refractivity contribution in [2.24, 2.45) is 7.05 Å². The van der Waals surface area contributed by atoms with E-state index < -0.39 is 0 Å². The lowest BCUT2D eigenvalue weighted by molar-refractivity contribution is 0.268. The molecule has 0 radical (unpaired) electrons. The van der Waals surface area contributed by atoms with E-state index in [1.807, 2.05) is 26.1 Å². The second kappa shape index (κ2) is 5.18. The molecule has 1 N–H and O–H groups in total. The molecule has 0 atom stereocenters. The number of ether oxygens (including phenoxy) is 1. The Morgan fingerprint density at radius 1 is 1.24 bits per heavy atom. The Kier molecular flexibility index (Phi) is 3.35. The Hall–Kier alpha value is -2.40. The Labute approximate surface area is 121 Å². The number of aryl methyl sites for hydroxylation is 2. The van der Waals surface area contributed by atoms with E-state index in [4.69, 9.17) is 4.74 Å². The van der Waals surface area contributed by atoms with Gasteiger partial charge in [-0.2, -0.15) is 0 Å². The molecule has 0 aliphatic carbocycles. The average Bonchev–Trinajstić information content (AvgIpc) is 2.79. The second-order valence-corrected chi connectivity index (χ2v) is 4.91. The van der Waals surface area contributed by atoms with Gasteiger partial charge in [0.2, 0.25) is 0 Å².